The molecule has 0 unspecified atom stereocenters. The quantitative estimate of drug-likeness (QED) is 0.555. The second kappa shape index (κ2) is 8.43. The van der Waals surface area contributed by atoms with Crippen LogP contribution in [0.5, 0.6) is 0 Å². The minimum absolute atomic E-state index is 0.0803. The van der Waals surface area contributed by atoms with Gasteiger partial charge in [-0.2, -0.15) is 0 Å². The summed E-state index contributed by atoms with van der Waals surface area (Å²) in [6.07, 6.45) is 0.234. The van der Waals surface area contributed by atoms with Crippen molar-refractivity contribution in [2.75, 3.05) is 0 Å². The fourth-order valence-corrected chi connectivity index (χ4v) is 1.27. The van der Waals surface area contributed by atoms with Crippen molar-refractivity contribution >= 4 is 23.5 Å². The van der Waals surface area contributed by atoms with Crippen molar-refractivity contribution in [3.63, 3.8) is 0 Å². The third-order valence-electron chi connectivity index (χ3n) is 2.09. The molecule has 0 aromatic carbocycles. The van der Waals surface area contributed by atoms with Crippen LogP contribution < -0.4 is 0 Å². The van der Waals surface area contributed by atoms with E-state index in [0.717, 1.165) is 0 Å². The molecule has 0 aliphatic heterocycles. The molecular weight excluding hydrogens is 228 g/mol. The normalized spacial score (nSPS) is 9.88. The molecule has 0 heterocycles. The minimum Gasteiger partial charge on any atom is -0.481 e. The van der Waals surface area contributed by atoms with E-state index in [9.17, 15) is 19.2 Å². The molecule has 0 saturated carbocycles. The molecule has 0 fully saturated rings. The summed E-state index contributed by atoms with van der Waals surface area (Å²) in [7, 11) is 0. The standard InChI is InChI=1S/C11H16O6/c12-8(3-1-5-10(14)15)7-9(13)4-2-6-11(16)17/h1-7H2,(H,14,15)(H,16,17). The maximum Gasteiger partial charge on any atom is 0.303 e. The van der Waals surface area contributed by atoms with E-state index >= 15 is 0 Å². The summed E-state index contributed by atoms with van der Waals surface area (Å²) >= 11 is 0. The van der Waals surface area contributed by atoms with Gasteiger partial charge in [0, 0.05) is 25.7 Å². The molecule has 6 heteroatoms. The highest BCUT2D eigenvalue weighted by molar-refractivity contribution is 5.99. The fraction of sp³-hybridized carbons (Fsp3) is 0.636. The van der Waals surface area contributed by atoms with Gasteiger partial charge in [-0.1, -0.05) is 0 Å². The topological polar surface area (TPSA) is 109 Å². The monoisotopic (exact) mass is 244 g/mol. The maximum absolute atomic E-state index is 11.2. The molecule has 0 saturated heterocycles. The largest absolute Gasteiger partial charge is 0.481 e. The Morgan fingerprint density at radius 2 is 1.00 bits per heavy atom. The van der Waals surface area contributed by atoms with Crippen LogP contribution in [0.3, 0.4) is 0 Å². The Morgan fingerprint density at radius 3 is 1.29 bits per heavy atom. The number of ketones is 2. The highest BCUT2D eigenvalue weighted by atomic mass is 16.4. The Hall–Kier alpha value is -1.72. The van der Waals surface area contributed by atoms with Crippen LogP contribution in [0.4, 0.5) is 0 Å². The van der Waals surface area contributed by atoms with E-state index in [-0.39, 0.29) is 56.5 Å². The first kappa shape index (κ1) is 15.3. The second-order valence-corrected chi connectivity index (χ2v) is 3.75. The number of carboxylic acids is 2. The van der Waals surface area contributed by atoms with Gasteiger partial charge in [-0.05, 0) is 12.8 Å². The number of carbonyl (C=O) groups is 4. The van der Waals surface area contributed by atoms with Crippen molar-refractivity contribution in [3.8, 4) is 0 Å². The average molecular weight is 244 g/mol. The lowest BCUT2D eigenvalue weighted by atomic mass is 10.0. The van der Waals surface area contributed by atoms with E-state index in [1.54, 1.807) is 0 Å². The Morgan fingerprint density at radius 1 is 0.647 bits per heavy atom. The van der Waals surface area contributed by atoms with Gasteiger partial charge in [-0.15, -0.1) is 0 Å². The Bertz CT molecular complexity index is 277. The molecule has 6 nitrogen and oxygen atoms in total. The van der Waals surface area contributed by atoms with Gasteiger partial charge in [0.05, 0.1) is 6.42 Å². The van der Waals surface area contributed by atoms with Crippen molar-refractivity contribution in [2.45, 2.75) is 44.9 Å². The first-order valence-electron chi connectivity index (χ1n) is 5.39. The summed E-state index contributed by atoms with van der Waals surface area (Å²) < 4.78 is 0. The van der Waals surface area contributed by atoms with Crippen LogP contribution in [0.2, 0.25) is 0 Å². The van der Waals surface area contributed by atoms with E-state index < -0.39 is 11.9 Å². The molecular formula is C11H16O6. The van der Waals surface area contributed by atoms with Crippen molar-refractivity contribution in [2.24, 2.45) is 0 Å². The Labute approximate surface area is 98.6 Å². The third kappa shape index (κ3) is 10.6. The van der Waals surface area contributed by atoms with Gasteiger partial charge < -0.3 is 10.2 Å². The number of carboxylic acid groups (broad SMARTS) is 2. The molecule has 2 N–H and O–H groups in total. The minimum atomic E-state index is -0.967. The second-order valence-electron chi connectivity index (χ2n) is 3.75. The lowest BCUT2D eigenvalue weighted by molar-refractivity contribution is -0.138. The van der Waals surface area contributed by atoms with Gasteiger partial charge in [0.15, 0.2) is 0 Å². The molecule has 0 radical (unpaired) electrons. The number of hydrogen-bond donors (Lipinski definition) is 2. The van der Waals surface area contributed by atoms with Gasteiger partial charge in [-0.25, -0.2) is 0 Å². The van der Waals surface area contributed by atoms with Gasteiger partial charge in [-0.3, -0.25) is 19.2 Å². The van der Waals surface area contributed by atoms with E-state index in [2.05, 4.69) is 0 Å². The van der Waals surface area contributed by atoms with Crippen molar-refractivity contribution in [1.29, 1.82) is 0 Å². The van der Waals surface area contributed by atoms with E-state index in [4.69, 9.17) is 10.2 Å². The summed E-state index contributed by atoms with van der Waals surface area (Å²) in [5.74, 6) is -2.51. The maximum atomic E-state index is 11.2. The van der Waals surface area contributed by atoms with Gasteiger partial charge in [0.1, 0.15) is 11.6 Å². The summed E-state index contributed by atoms with van der Waals surface area (Å²) in [5.41, 5.74) is 0. The average Bonchev–Trinajstić information content (AvgIpc) is 2.15. The molecule has 0 spiro atoms. The molecule has 0 bridgehead atoms. The van der Waals surface area contributed by atoms with Gasteiger partial charge >= 0.3 is 11.9 Å². The fourth-order valence-electron chi connectivity index (χ4n) is 1.27. The van der Waals surface area contributed by atoms with Gasteiger partial charge in [0.2, 0.25) is 0 Å². The number of hydrogen-bond acceptors (Lipinski definition) is 4. The SMILES string of the molecule is O=C(O)CCCC(=O)CC(=O)CCCC(=O)O. The Balaban J connectivity index is 3.62. The van der Waals surface area contributed by atoms with Crippen LogP contribution in [0.25, 0.3) is 0 Å². The predicted octanol–water partition coefficient (Wildman–Crippen LogP) is 1.02. The van der Waals surface area contributed by atoms with Crippen LogP contribution in [-0.4, -0.2) is 33.7 Å². The number of Topliss-reactive ketones (excluding diaryl/α,β-unsaturated/α-hetero) is 2. The number of carbonyl (C=O) groups excluding carboxylic acids is 2. The summed E-state index contributed by atoms with van der Waals surface area (Å²) in [5, 5.41) is 16.7. The van der Waals surface area contributed by atoms with E-state index in [1.807, 2.05) is 0 Å². The van der Waals surface area contributed by atoms with Crippen molar-refractivity contribution in [1.82, 2.24) is 0 Å². The van der Waals surface area contributed by atoms with Crippen LogP contribution in [0.15, 0.2) is 0 Å². The molecule has 0 aliphatic rings. The van der Waals surface area contributed by atoms with Crippen LogP contribution in [-0.2, 0) is 19.2 Å². The number of aliphatic carboxylic acids is 2. The zero-order chi connectivity index (χ0) is 13.3. The highest BCUT2D eigenvalue weighted by Gasteiger charge is 2.10. The first-order chi connectivity index (χ1) is 7.91. The third-order valence-corrected chi connectivity index (χ3v) is 2.09. The molecule has 0 aromatic rings. The van der Waals surface area contributed by atoms with E-state index in [1.165, 1.54) is 0 Å². The van der Waals surface area contributed by atoms with Crippen LogP contribution in [0, 0.1) is 0 Å². The molecule has 0 aromatic heterocycles. The zero-order valence-electron chi connectivity index (χ0n) is 9.48. The van der Waals surface area contributed by atoms with Crippen LogP contribution >= 0.6 is 0 Å². The summed E-state index contributed by atoms with van der Waals surface area (Å²) in [6.45, 7) is 0. The molecule has 0 rings (SSSR count). The van der Waals surface area contributed by atoms with E-state index in [0.29, 0.717) is 0 Å². The zero-order valence-corrected chi connectivity index (χ0v) is 9.48. The highest BCUT2D eigenvalue weighted by Crippen LogP contribution is 2.04. The molecule has 0 atom stereocenters. The van der Waals surface area contributed by atoms with Crippen molar-refractivity contribution in [3.05, 3.63) is 0 Å². The van der Waals surface area contributed by atoms with Crippen LogP contribution in [0.1, 0.15) is 44.9 Å². The smallest absolute Gasteiger partial charge is 0.303 e. The lowest BCUT2D eigenvalue weighted by Gasteiger charge is -1.99. The van der Waals surface area contributed by atoms with Gasteiger partial charge in [0.25, 0.3) is 0 Å². The number of rotatable bonds is 10. The molecule has 96 valence electrons. The molecule has 17 heavy (non-hydrogen) atoms. The molecule has 0 amide bonds. The predicted molar refractivity (Wildman–Crippen MR) is 57.6 cm³/mol. The summed E-state index contributed by atoms with van der Waals surface area (Å²) in [4.78, 5) is 42.8. The lowest BCUT2D eigenvalue weighted by Crippen LogP contribution is -2.09. The molecule has 0 aliphatic carbocycles. The first-order valence-corrected chi connectivity index (χ1v) is 5.39. The summed E-state index contributed by atoms with van der Waals surface area (Å²) in [6, 6.07) is 0. The van der Waals surface area contributed by atoms with Crippen molar-refractivity contribution < 1.29 is 29.4 Å². The Kier molecular flexibility index (Phi) is 7.58.